The van der Waals surface area contributed by atoms with Gasteiger partial charge in [0.25, 0.3) is 0 Å². The SMILES string of the molecule is FC(F)(OC(F)(C(F)(F)F)C(F)(F)F)C1OC1C(F)(F)OC(F)(C(F)(F)F)C(F)(F)F. The molecule has 2 atom stereocenters. The molecule has 0 saturated carbocycles. The van der Waals surface area contributed by atoms with E-state index in [1.165, 1.54) is 0 Å². The lowest BCUT2D eigenvalue weighted by molar-refractivity contribution is -0.486. The molecule has 1 aliphatic rings. The van der Waals surface area contributed by atoms with E-state index in [0.29, 0.717) is 0 Å². The molecule has 0 aromatic heterocycles. The van der Waals surface area contributed by atoms with Gasteiger partial charge in [0, 0.05) is 0 Å². The summed E-state index contributed by atoms with van der Waals surface area (Å²) in [7, 11) is 0. The van der Waals surface area contributed by atoms with Crippen LogP contribution in [0, 0.1) is 0 Å². The van der Waals surface area contributed by atoms with E-state index in [2.05, 4.69) is 4.74 Å². The van der Waals surface area contributed by atoms with E-state index in [4.69, 9.17) is 0 Å². The maximum absolute atomic E-state index is 13.3. The third-order valence-electron chi connectivity index (χ3n) is 3.17. The molecule has 0 aromatic rings. The van der Waals surface area contributed by atoms with Gasteiger partial charge in [-0.25, -0.2) is 0 Å². The minimum Gasteiger partial charge on any atom is -0.350 e. The number of alkyl halides is 18. The highest BCUT2D eigenvalue weighted by molar-refractivity contribution is 5.01. The number of epoxide rings is 1. The molecule has 21 heteroatoms. The zero-order valence-corrected chi connectivity index (χ0v) is 13.2. The summed E-state index contributed by atoms with van der Waals surface area (Å²) in [6.07, 6.45) is -50.6. The second-order valence-electron chi connectivity index (χ2n) is 5.49. The van der Waals surface area contributed by atoms with Gasteiger partial charge in [0.15, 0.2) is 12.2 Å². The fourth-order valence-corrected chi connectivity index (χ4v) is 1.67. The van der Waals surface area contributed by atoms with Gasteiger partial charge in [-0.2, -0.15) is 79.0 Å². The van der Waals surface area contributed by atoms with Crippen molar-refractivity contribution in [2.45, 2.75) is 60.8 Å². The quantitative estimate of drug-likeness (QED) is 0.346. The number of hydrogen-bond donors (Lipinski definition) is 0. The third kappa shape index (κ3) is 4.86. The highest BCUT2D eigenvalue weighted by Crippen LogP contribution is 2.56. The van der Waals surface area contributed by atoms with E-state index >= 15 is 0 Å². The van der Waals surface area contributed by atoms with Gasteiger partial charge >= 0.3 is 48.6 Å². The van der Waals surface area contributed by atoms with Crippen molar-refractivity contribution in [3.05, 3.63) is 0 Å². The van der Waals surface area contributed by atoms with Gasteiger partial charge in [0.05, 0.1) is 0 Å². The van der Waals surface area contributed by atoms with Crippen LogP contribution in [0.15, 0.2) is 0 Å². The molecule has 1 heterocycles. The Morgan fingerprint density at radius 3 is 0.742 bits per heavy atom. The molecule has 186 valence electrons. The molecule has 1 rings (SSSR count). The summed E-state index contributed by atoms with van der Waals surface area (Å²) < 4.78 is 232. The van der Waals surface area contributed by atoms with E-state index in [0.717, 1.165) is 0 Å². The number of hydrogen-bond acceptors (Lipinski definition) is 3. The molecule has 1 saturated heterocycles. The van der Waals surface area contributed by atoms with Crippen LogP contribution in [0.3, 0.4) is 0 Å². The largest absolute Gasteiger partial charge is 0.458 e. The lowest BCUT2D eigenvalue weighted by Crippen LogP contribution is -2.60. The van der Waals surface area contributed by atoms with Gasteiger partial charge in [-0.1, -0.05) is 0 Å². The second kappa shape index (κ2) is 7.06. The Kier molecular flexibility index (Phi) is 6.30. The molecular formula is C10H2F18O3. The maximum atomic E-state index is 13.3. The lowest BCUT2D eigenvalue weighted by Gasteiger charge is -2.33. The first kappa shape index (κ1) is 27.7. The van der Waals surface area contributed by atoms with Crippen molar-refractivity contribution in [2.24, 2.45) is 0 Å². The number of halogens is 18. The van der Waals surface area contributed by atoms with Crippen LogP contribution in [0.2, 0.25) is 0 Å². The van der Waals surface area contributed by atoms with E-state index in [-0.39, 0.29) is 0 Å². The topological polar surface area (TPSA) is 31.0 Å². The van der Waals surface area contributed by atoms with E-state index < -0.39 is 60.8 Å². The summed E-state index contributed by atoms with van der Waals surface area (Å²) in [6, 6.07) is 0. The molecule has 0 radical (unpaired) electrons. The van der Waals surface area contributed by atoms with Crippen molar-refractivity contribution >= 4 is 0 Å². The van der Waals surface area contributed by atoms with Crippen LogP contribution < -0.4 is 0 Å². The van der Waals surface area contributed by atoms with Crippen LogP contribution in [0.1, 0.15) is 0 Å². The Morgan fingerprint density at radius 2 is 0.581 bits per heavy atom. The van der Waals surface area contributed by atoms with Crippen molar-refractivity contribution in [1.82, 2.24) is 0 Å². The fraction of sp³-hybridized carbons (Fsp3) is 1.00. The molecule has 0 spiro atoms. The minimum absolute atomic E-state index is 1.87. The fourth-order valence-electron chi connectivity index (χ4n) is 1.67. The Bertz CT molecular complexity index is 571. The van der Waals surface area contributed by atoms with Gasteiger partial charge in [0.2, 0.25) is 0 Å². The van der Waals surface area contributed by atoms with Crippen LogP contribution in [0.5, 0.6) is 0 Å². The van der Waals surface area contributed by atoms with Crippen LogP contribution in [-0.2, 0) is 14.2 Å². The smallest absolute Gasteiger partial charge is 0.350 e. The highest BCUT2D eigenvalue weighted by atomic mass is 19.4. The molecule has 1 aliphatic heterocycles. The number of ether oxygens (including phenoxy) is 3. The van der Waals surface area contributed by atoms with E-state index in [9.17, 15) is 79.0 Å². The van der Waals surface area contributed by atoms with Gasteiger partial charge in [-0.15, -0.1) is 0 Å². The van der Waals surface area contributed by atoms with Crippen molar-refractivity contribution < 1.29 is 93.2 Å². The Morgan fingerprint density at radius 1 is 0.387 bits per heavy atom. The zero-order valence-electron chi connectivity index (χ0n) is 13.2. The van der Waals surface area contributed by atoms with Gasteiger partial charge in [-0.05, 0) is 0 Å². The summed E-state index contributed by atoms with van der Waals surface area (Å²) in [5.74, 6) is -14.5. The Labute approximate surface area is 155 Å². The standard InChI is InChI=1S/C10H2F18O3/c11-3(12,30-5(15,7(17,18)19)8(20,21)22)1-2(29-1)4(13,14)31-6(16,9(23,24)25)10(26,27)28/h1-2H. The molecule has 0 bridgehead atoms. The van der Waals surface area contributed by atoms with Crippen molar-refractivity contribution in [1.29, 1.82) is 0 Å². The first-order chi connectivity index (χ1) is 13.1. The first-order valence-electron chi connectivity index (χ1n) is 6.60. The molecule has 1 fully saturated rings. The predicted molar refractivity (Wildman–Crippen MR) is 52.6 cm³/mol. The molecule has 0 N–H and O–H groups in total. The predicted octanol–water partition coefficient (Wildman–Crippen LogP) is 5.55. The molecule has 31 heavy (non-hydrogen) atoms. The van der Waals surface area contributed by atoms with Crippen molar-refractivity contribution in [3.8, 4) is 0 Å². The molecule has 0 amide bonds. The first-order valence-corrected chi connectivity index (χ1v) is 6.60. The minimum atomic E-state index is -7.33. The maximum Gasteiger partial charge on any atom is 0.458 e. The summed E-state index contributed by atoms with van der Waals surface area (Å²) in [5, 5.41) is 0. The Balaban J connectivity index is 3.19. The zero-order chi connectivity index (χ0) is 25.3. The molecule has 0 aliphatic carbocycles. The van der Waals surface area contributed by atoms with Gasteiger partial charge in [-0.3, -0.25) is 9.47 Å². The molecular weight excluding hydrogens is 510 g/mol. The highest BCUT2D eigenvalue weighted by Gasteiger charge is 2.83. The van der Waals surface area contributed by atoms with Crippen LogP contribution >= 0.6 is 0 Å². The van der Waals surface area contributed by atoms with Crippen LogP contribution in [-0.4, -0.2) is 60.8 Å². The normalized spacial score (nSPS) is 22.6. The third-order valence-corrected chi connectivity index (χ3v) is 3.17. The van der Waals surface area contributed by atoms with Crippen molar-refractivity contribution in [3.63, 3.8) is 0 Å². The van der Waals surface area contributed by atoms with Gasteiger partial charge in [0.1, 0.15) is 0 Å². The molecule has 2 unspecified atom stereocenters. The average molecular weight is 512 g/mol. The molecule has 0 aromatic carbocycles. The monoisotopic (exact) mass is 512 g/mol. The van der Waals surface area contributed by atoms with Gasteiger partial charge < -0.3 is 4.74 Å². The summed E-state index contributed by atoms with van der Waals surface area (Å²) >= 11 is 0. The molecule has 3 nitrogen and oxygen atoms in total. The van der Waals surface area contributed by atoms with E-state index in [1.807, 2.05) is 9.47 Å². The summed E-state index contributed by atoms with van der Waals surface area (Å²) in [6.45, 7) is 0. The summed E-state index contributed by atoms with van der Waals surface area (Å²) in [4.78, 5) is 0. The summed E-state index contributed by atoms with van der Waals surface area (Å²) in [5.41, 5.74) is 0. The van der Waals surface area contributed by atoms with Crippen LogP contribution in [0.4, 0.5) is 79.0 Å². The van der Waals surface area contributed by atoms with Crippen molar-refractivity contribution in [2.75, 3.05) is 0 Å². The second-order valence-corrected chi connectivity index (χ2v) is 5.49. The number of rotatable bonds is 6. The lowest BCUT2D eigenvalue weighted by atomic mass is 10.2. The Hall–Kier alpha value is -1.38. The van der Waals surface area contributed by atoms with Crippen LogP contribution in [0.25, 0.3) is 0 Å². The van der Waals surface area contributed by atoms with E-state index in [1.54, 1.807) is 0 Å². The average Bonchev–Trinajstić information content (AvgIpc) is 3.22.